The molecule has 0 atom stereocenters. The summed E-state index contributed by atoms with van der Waals surface area (Å²) in [5.41, 5.74) is 6.29. The first-order valence-electron chi connectivity index (χ1n) is 6.14. The van der Waals surface area contributed by atoms with E-state index in [0.29, 0.717) is 28.9 Å². The lowest BCUT2D eigenvalue weighted by Crippen LogP contribution is -2.30. The van der Waals surface area contributed by atoms with E-state index in [1.165, 1.54) is 24.2 Å². The molecule has 1 aromatic rings. The van der Waals surface area contributed by atoms with Crippen molar-refractivity contribution >= 4 is 22.4 Å². The van der Waals surface area contributed by atoms with Crippen LogP contribution in [-0.2, 0) is 4.74 Å². The summed E-state index contributed by atoms with van der Waals surface area (Å²) in [6, 6.07) is 0. The Morgan fingerprint density at radius 3 is 2.89 bits per heavy atom. The number of nitrogens with zero attached hydrogens (tertiary/aromatic N) is 2. The second-order valence-electron chi connectivity index (χ2n) is 4.71. The molecular formula is C12H19N3O2S. The molecule has 0 radical (unpaired) electrons. The minimum Gasteiger partial charge on any atom is -0.379 e. The molecule has 1 amide bonds. The molecule has 0 unspecified atom stereocenters. The number of ether oxygens (including phenoxy) is 1. The Balaban J connectivity index is 1.78. The van der Waals surface area contributed by atoms with E-state index >= 15 is 0 Å². The average molecular weight is 269 g/mol. The third kappa shape index (κ3) is 3.43. The lowest BCUT2D eigenvalue weighted by Gasteiger charge is -2.16. The molecular weight excluding hydrogens is 250 g/mol. The smallest absolute Gasteiger partial charge is 0.265 e. The summed E-state index contributed by atoms with van der Waals surface area (Å²) in [5.74, 6) is 0.728. The fraction of sp³-hybridized carbons (Fsp3) is 0.667. The van der Waals surface area contributed by atoms with Crippen LogP contribution in [0.2, 0.25) is 0 Å². The Morgan fingerprint density at radius 2 is 2.33 bits per heavy atom. The summed E-state index contributed by atoms with van der Waals surface area (Å²) in [4.78, 5) is 18.4. The van der Waals surface area contributed by atoms with Crippen molar-refractivity contribution in [3.05, 3.63) is 10.6 Å². The Kier molecular flexibility index (Phi) is 4.19. The number of thiazole rings is 1. The first kappa shape index (κ1) is 13.3. The number of nitrogens with two attached hydrogens (primary N) is 1. The summed E-state index contributed by atoms with van der Waals surface area (Å²) in [5, 5.41) is 0.439. The number of aryl methyl sites for hydroxylation is 1. The van der Waals surface area contributed by atoms with Gasteiger partial charge >= 0.3 is 0 Å². The maximum Gasteiger partial charge on any atom is 0.265 e. The van der Waals surface area contributed by atoms with Gasteiger partial charge in [-0.15, -0.1) is 0 Å². The molecule has 0 spiro atoms. The van der Waals surface area contributed by atoms with Crippen LogP contribution in [-0.4, -0.2) is 42.6 Å². The van der Waals surface area contributed by atoms with Gasteiger partial charge in [0, 0.05) is 20.2 Å². The fourth-order valence-electron chi connectivity index (χ4n) is 1.63. The molecule has 5 nitrogen and oxygen atoms in total. The Bertz CT molecular complexity index is 429. The summed E-state index contributed by atoms with van der Waals surface area (Å²) >= 11 is 1.24. The molecule has 100 valence electrons. The van der Waals surface area contributed by atoms with Crippen LogP contribution in [0.4, 0.5) is 5.13 Å². The second-order valence-corrected chi connectivity index (χ2v) is 5.74. The normalized spacial score (nSPS) is 14.8. The number of aromatic nitrogens is 1. The van der Waals surface area contributed by atoms with Crippen molar-refractivity contribution in [2.75, 3.05) is 32.5 Å². The average Bonchev–Trinajstić information content (AvgIpc) is 3.08. The van der Waals surface area contributed by atoms with Gasteiger partial charge in [0.05, 0.1) is 12.3 Å². The van der Waals surface area contributed by atoms with Gasteiger partial charge in [0.2, 0.25) is 0 Å². The monoisotopic (exact) mass is 269 g/mol. The molecule has 0 aromatic carbocycles. The van der Waals surface area contributed by atoms with Gasteiger partial charge < -0.3 is 15.4 Å². The molecule has 1 aliphatic carbocycles. The number of amides is 1. The predicted octanol–water partition coefficient (Wildman–Crippen LogP) is 1.53. The Labute approximate surface area is 111 Å². The standard InChI is InChI=1S/C12H19N3O2S/c1-8-10(18-12(13)14-8)11(16)15(2)5-6-17-7-9-3-4-9/h9H,3-7H2,1-2H3,(H2,13,14). The molecule has 18 heavy (non-hydrogen) atoms. The molecule has 1 saturated carbocycles. The van der Waals surface area contributed by atoms with Crippen molar-refractivity contribution in [1.82, 2.24) is 9.88 Å². The molecule has 1 heterocycles. The molecule has 0 saturated heterocycles. The highest BCUT2D eigenvalue weighted by molar-refractivity contribution is 7.17. The van der Waals surface area contributed by atoms with Crippen molar-refractivity contribution in [1.29, 1.82) is 0 Å². The van der Waals surface area contributed by atoms with Gasteiger partial charge in [0.1, 0.15) is 4.88 Å². The number of hydrogen-bond acceptors (Lipinski definition) is 5. The third-order valence-electron chi connectivity index (χ3n) is 2.98. The van der Waals surface area contributed by atoms with E-state index in [1.54, 1.807) is 18.9 Å². The quantitative estimate of drug-likeness (QED) is 0.795. The van der Waals surface area contributed by atoms with E-state index in [0.717, 1.165) is 12.5 Å². The number of anilines is 1. The van der Waals surface area contributed by atoms with Crippen LogP contribution in [0.3, 0.4) is 0 Å². The molecule has 1 aliphatic rings. The molecule has 1 aromatic heterocycles. The fourth-order valence-corrected chi connectivity index (χ4v) is 2.45. The molecule has 2 N–H and O–H groups in total. The molecule has 2 rings (SSSR count). The van der Waals surface area contributed by atoms with Gasteiger partial charge in [-0.2, -0.15) is 0 Å². The van der Waals surface area contributed by atoms with Gasteiger partial charge in [-0.3, -0.25) is 4.79 Å². The molecule has 6 heteroatoms. The summed E-state index contributed by atoms with van der Waals surface area (Å²) in [7, 11) is 1.78. The van der Waals surface area contributed by atoms with Gasteiger partial charge in [-0.05, 0) is 25.7 Å². The predicted molar refractivity (Wildman–Crippen MR) is 71.8 cm³/mol. The summed E-state index contributed by atoms with van der Waals surface area (Å²) in [6.45, 7) is 3.82. The second kappa shape index (κ2) is 5.67. The van der Waals surface area contributed by atoms with Crippen molar-refractivity contribution in [2.24, 2.45) is 5.92 Å². The number of nitrogen functional groups attached to an aromatic ring is 1. The van der Waals surface area contributed by atoms with Crippen LogP contribution < -0.4 is 5.73 Å². The number of rotatable bonds is 6. The number of carbonyl (C=O) groups is 1. The van der Waals surface area contributed by atoms with E-state index in [-0.39, 0.29) is 5.91 Å². The van der Waals surface area contributed by atoms with E-state index < -0.39 is 0 Å². The van der Waals surface area contributed by atoms with Gasteiger partial charge in [-0.25, -0.2) is 4.98 Å². The Morgan fingerprint density at radius 1 is 1.61 bits per heavy atom. The van der Waals surface area contributed by atoms with Crippen molar-refractivity contribution in [3.8, 4) is 0 Å². The minimum atomic E-state index is -0.0308. The van der Waals surface area contributed by atoms with Gasteiger partial charge in [0.15, 0.2) is 5.13 Å². The van der Waals surface area contributed by atoms with Crippen molar-refractivity contribution in [2.45, 2.75) is 19.8 Å². The third-order valence-corrected chi connectivity index (χ3v) is 3.95. The lowest BCUT2D eigenvalue weighted by molar-refractivity contribution is 0.0684. The molecule has 1 fully saturated rings. The molecule has 0 aliphatic heterocycles. The first-order valence-corrected chi connectivity index (χ1v) is 6.95. The first-order chi connectivity index (χ1) is 8.58. The van der Waals surface area contributed by atoms with Crippen molar-refractivity contribution < 1.29 is 9.53 Å². The van der Waals surface area contributed by atoms with Crippen LogP contribution in [0.15, 0.2) is 0 Å². The van der Waals surface area contributed by atoms with E-state index in [2.05, 4.69) is 4.98 Å². The minimum absolute atomic E-state index is 0.0308. The molecule has 0 bridgehead atoms. The zero-order valence-electron chi connectivity index (χ0n) is 10.8. The highest BCUT2D eigenvalue weighted by atomic mass is 32.1. The van der Waals surface area contributed by atoms with Crippen molar-refractivity contribution in [3.63, 3.8) is 0 Å². The Hall–Kier alpha value is -1.14. The van der Waals surface area contributed by atoms with Crippen LogP contribution >= 0.6 is 11.3 Å². The van der Waals surface area contributed by atoms with E-state index in [9.17, 15) is 4.79 Å². The summed E-state index contributed by atoms with van der Waals surface area (Å²) in [6.07, 6.45) is 2.57. The lowest BCUT2D eigenvalue weighted by atomic mass is 10.3. The maximum absolute atomic E-state index is 12.1. The zero-order valence-corrected chi connectivity index (χ0v) is 11.6. The van der Waals surface area contributed by atoms with Crippen LogP contribution in [0.25, 0.3) is 0 Å². The van der Waals surface area contributed by atoms with Crippen LogP contribution in [0.5, 0.6) is 0 Å². The number of hydrogen-bond donors (Lipinski definition) is 1. The maximum atomic E-state index is 12.1. The number of likely N-dealkylation sites (N-methyl/N-ethyl adjacent to an activating group) is 1. The zero-order chi connectivity index (χ0) is 13.1. The number of carbonyl (C=O) groups excluding carboxylic acids is 1. The van der Waals surface area contributed by atoms with Gasteiger partial charge in [0.25, 0.3) is 5.91 Å². The largest absolute Gasteiger partial charge is 0.379 e. The summed E-state index contributed by atoms with van der Waals surface area (Å²) < 4.78 is 5.52. The highest BCUT2D eigenvalue weighted by Gasteiger charge is 2.21. The van der Waals surface area contributed by atoms with E-state index in [1.807, 2.05) is 0 Å². The van der Waals surface area contributed by atoms with Gasteiger partial charge in [-0.1, -0.05) is 11.3 Å². The SMILES string of the molecule is Cc1nc(N)sc1C(=O)N(C)CCOCC1CC1. The van der Waals surface area contributed by atoms with Crippen LogP contribution in [0.1, 0.15) is 28.2 Å². The highest BCUT2D eigenvalue weighted by Crippen LogP contribution is 2.28. The van der Waals surface area contributed by atoms with Crippen LogP contribution in [0, 0.1) is 12.8 Å². The topological polar surface area (TPSA) is 68.5 Å². The van der Waals surface area contributed by atoms with E-state index in [4.69, 9.17) is 10.5 Å².